The Balaban J connectivity index is 2.76. The van der Waals surface area contributed by atoms with Crippen LogP contribution >= 0.6 is 0 Å². The molecule has 0 fully saturated rings. The van der Waals surface area contributed by atoms with E-state index in [9.17, 15) is 0 Å². The van der Waals surface area contributed by atoms with Gasteiger partial charge in [-0.2, -0.15) is 0 Å². The van der Waals surface area contributed by atoms with Crippen LogP contribution in [0, 0.1) is 12.3 Å². The van der Waals surface area contributed by atoms with Crippen molar-refractivity contribution in [3.8, 4) is 12.3 Å². The minimum atomic E-state index is 0.463. The zero-order valence-corrected chi connectivity index (χ0v) is 6.54. The number of hydrogen-bond donors (Lipinski definition) is 0. The fourth-order valence-corrected chi connectivity index (χ4v) is 0.847. The van der Waals surface area contributed by atoms with Crippen LogP contribution < -0.4 is 0 Å². The van der Waals surface area contributed by atoms with Gasteiger partial charge in [-0.05, 0) is 17.9 Å². The first kappa shape index (κ1) is 7.74. The van der Waals surface area contributed by atoms with E-state index in [2.05, 4.69) is 22.8 Å². The summed E-state index contributed by atoms with van der Waals surface area (Å²) in [5, 5.41) is 0. The van der Waals surface area contributed by atoms with Crippen LogP contribution in [0.4, 0.5) is 0 Å². The number of terminal acetylenes is 1. The Morgan fingerprint density at radius 3 is 2.55 bits per heavy atom. The molecule has 0 saturated carbocycles. The highest BCUT2D eigenvalue weighted by molar-refractivity contribution is 5.17. The topological polar surface area (TPSA) is 25.8 Å². The van der Waals surface area contributed by atoms with E-state index in [1.807, 2.05) is 0 Å². The van der Waals surface area contributed by atoms with Gasteiger partial charge in [0.1, 0.15) is 0 Å². The third-order valence-corrected chi connectivity index (χ3v) is 1.37. The van der Waals surface area contributed by atoms with Crippen LogP contribution in [0.3, 0.4) is 0 Å². The SMILES string of the molecule is C#Cc1ncc(CCC)cn1. The summed E-state index contributed by atoms with van der Waals surface area (Å²) in [7, 11) is 0. The van der Waals surface area contributed by atoms with Gasteiger partial charge in [-0.3, -0.25) is 0 Å². The van der Waals surface area contributed by atoms with Crippen LogP contribution in [-0.2, 0) is 6.42 Å². The lowest BCUT2D eigenvalue weighted by molar-refractivity contribution is 0.897. The van der Waals surface area contributed by atoms with Gasteiger partial charge in [-0.25, -0.2) is 9.97 Å². The van der Waals surface area contributed by atoms with Crippen LogP contribution in [0.2, 0.25) is 0 Å². The maximum Gasteiger partial charge on any atom is 0.204 e. The Labute approximate surface area is 66.7 Å². The lowest BCUT2D eigenvalue weighted by atomic mass is 10.2. The second kappa shape index (κ2) is 3.72. The summed E-state index contributed by atoms with van der Waals surface area (Å²) in [5.41, 5.74) is 1.14. The molecule has 0 N–H and O–H groups in total. The standard InChI is InChI=1S/C9H10N2/c1-3-5-8-6-10-9(4-2)11-7-8/h2,6-7H,3,5H2,1H3. The first-order valence-corrected chi connectivity index (χ1v) is 3.64. The van der Waals surface area contributed by atoms with E-state index in [-0.39, 0.29) is 0 Å². The molecule has 0 saturated heterocycles. The van der Waals surface area contributed by atoms with Gasteiger partial charge in [-0.1, -0.05) is 13.3 Å². The van der Waals surface area contributed by atoms with Crippen molar-refractivity contribution < 1.29 is 0 Å². The third-order valence-electron chi connectivity index (χ3n) is 1.37. The van der Waals surface area contributed by atoms with Gasteiger partial charge in [0.2, 0.25) is 5.82 Å². The van der Waals surface area contributed by atoms with Crippen molar-refractivity contribution in [3.05, 3.63) is 23.8 Å². The molecule has 56 valence electrons. The van der Waals surface area contributed by atoms with Crippen molar-refractivity contribution in [1.82, 2.24) is 9.97 Å². The Morgan fingerprint density at radius 2 is 2.09 bits per heavy atom. The predicted molar refractivity (Wildman–Crippen MR) is 44.0 cm³/mol. The average Bonchev–Trinajstić information content (AvgIpc) is 2.07. The molecule has 1 aromatic rings. The molecule has 2 heteroatoms. The minimum absolute atomic E-state index is 0.463. The largest absolute Gasteiger partial charge is 0.229 e. The maximum absolute atomic E-state index is 5.10. The summed E-state index contributed by atoms with van der Waals surface area (Å²) in [6.07, 6.45) is 10.8. The molecule has 0 spiro atoms. The normalized spacial score (nSPS) is 9.09. The monoisotopic (exact) mass is 146 g/mol. The number of aryl methyl sites for hydroxylation is 1. The molecule has 0 aliphatic carbocycles. The molecule has 1 rings (SSSR count). The molecule has 0 atom stereocenters. The van der Waals surface area contributed by atoms with Crippen molar-refractivity contribution in [2.75, 3.05) is 0 Å². The quantitative estimate of drug-likeness (QED) is 0.589. The van der Waals surface area contributed by atoms with Crippen LogP contribution in [-0.4, -0.2) is 9.97 Å². The summed E-state index contributed by atoms with van der Waals surface area (Å²) in [4.78, 5) is 7.94. The number of nitrogens with zero attached hydrogens (tertiary/aromatic N) is 2. The number of hydrogen-bond acceptors (Lipinski definition) is 2. The molecule has 1 aromatic heterocycles. The van der Waals surface area contributed by atoms with E-state index < -0.39 is 0 Å². The summed E-state index contributed by atoms with van der Waals surface area (Å²) in [6.45, 7) is 2.12. The third kappa shape index (κ3) is 2.05. The first-order chi connectivity index (χ1) is 5.36. The van der Waals surface area contributed by atoms with Gasteiger partial charge in [-0.15, -0.1) is 6.42 Å². The Morgan fingerprint density at radius 1 is 1.45 bits per heavy atom. The molecule has 2 nitrogen and oxygen atoms in total. The van der Waals surface area contributed by atoms with E-state index in [0.29, 0.717) is 5.82 Å². The molecular formula is C9H10N2. The lowest BCUT2D eigenvalue weighted by Crippen LogP contribution is -1.91. The molecule has 0 aliphatic heterocycles. The summed E-state index contributed by atoms with van der Waals surface area (Å²) >= 11 is 0. The van der Waals surface area contributed by atoms with E-state index in [1.54, 1.807) is 12.4 Å². The lowest BCUT2D eigenvalue weighted by Gasteiger charge is -1.95. The second-order valence-electron chi connectivity index (χ2n) is 2.31. The van der Waals surface area contributed by atoms with Crippen molar-refractivity contribution in [1.29, 1.82) is 0 Å². The highest BCUT2D eigenvalue weighted by Crippen LogP contribution is 1.98. The molecule has 0 aliphatic rings. The highest BCUT2D eigenvalue weighted by Gasteiger charge is 1.92. The molecule has 0 amide bonds. The molecular weight excluding hydrogens is 136 g/mol. The Hall–Kier alpha value is -1.36. The van der Waals surface area contributed by atoms with Gasteiger partial charge < -0.3 is 0 Å². The molecule has 0 bridgehead atoms. The fraction of sp³-hybridized carbons (Fsp3) is 0.333. The van der Waals surface area contributed by atoms with Crippen molar-refractivity contribution in [2.45, 2.75) is 19.8 Å². The van der Waals surface area contributed by atoms with Gasteiger partial charge in [0.05, 0.1) is 0 Å². The maximum atomic E-state index is 5.10. The predicted octanol–water partition coefficient (Wildman–Crippen LogP) is 1.41. The molecule has 0 radical (unpaired) electrons. The smallest absolute Gasteiger partial charge is 0.204 e. The number of rotatable bonds is 2. The first-order valence-electron chi connectivity index (χ1n) is 3.64. The van der Waals surface area contributed by atoms with Gasteiger partial charge >= 0.3 is 0 Å². The van der Waals surface area contributed by atoms with E-state index in [4.69, 9.17) is 6.42 Å². The van der Waals surface area contributed by atoms with Crippen LogP contribution in [0.5, 0.6) is 0 Å². The average molecular weight is 146 g/mol. The molecule has 0 unspecified atom stereocenters. The zero-order valence-electron chi connectivity index (χ0n) is 6.54. The summed E-state index contributed by atoms with van der Waals surface area (Å²) < 4.78 is 0. The zero-order chi connectivity index (χ0) is 8.10. The van der Waals surface area contributed by atoms with Crippen LogP contribution in [0.15, 0.2) is 12.4 Å². The van der Waals surface area contributed by atoms with Gasteiger partial charge in [0, 0.05) is 12.4 Å². The van der Waals surface area contributed by atoms with Gasteiger partial charge in [0.25, 0.3) is 0 Å². The van der Waals surface area contributed by atoms with Crippen molar-refractivity contribution in [2.24, 2.45) is 0 Å². The van der Waals surface area contributed by atoms with E-state index in [0.717, 1.165) is 18.4 Å². The van der Waals surface area contributed by atoms with Crippen molar-refractivity contribution in [3.63, 3.8) is 0 Å². The summed E-state index contributed by atoms with van der Waals surface area (Å²) in [6, 6.07) is 0. The molecule has 1 heterocycles. The fourth-order valence-electron chi connectivity index (χ4n) is 0.847. The molecule has 11 heavy (non-hydrogen) atoms. The highest BCUT2D eigenvalue weighted by atomic mass is 14.8. The minimum Gasteiger partial charge on any atom is -0.229 e. The Kier molecular flexibility index (Phi) is 2.62. The van der Waals surface area contributed by atoms with E-state index >= 15 is 0 Å². The Bertz CT molecular complexity index is 256. The van der Waals surface area contributed by atoms with Crippen LogP contribution in [0.25, 0.3) is 0 Å². The second-order valence-corrected chi connectivity index (χ2v) is 2.31. The van der Waals surface area contributed by atoms with Gasteiger partial charge in [0.15, 0.2) is 0 Å². The van der Waals surface area contributed by atoms with Crippen molar-refractivity contribution >= 4 is 0 Å². The molecule has 0 aromatic carbocycles. The van der Waals surface area contributed by atoms with E-state index in [1.165, 1.54) is 0 Å². The number of aromatic nitrogens is 2. The summed E-state index contributed by atoms with van der Waals surface area (Å²) in [5.74, 6) is 2.84. The van der Waals surface area contributed by atoms with Crippen LogP contribution in [0.1, 0.15) is 24.7 Å².